The first-order chi connectivity index (χ1) is 29.5. The van der Waals surface area contributed by atoms with Crippen LogP contribution < -0.4 is 25.2 Å². The number of hydrogen-bond acceptors (Lipinski definition) is 10. The highest BCUT2D eigenvalue weighted by atomic mass is 35.5. The molecule has 4 aromatic rings. The largest absolute Gasteiger partial charge is 0.490 e. The molecule has 5 amide bonds. The van der Waals surface area contributed by atoms with Gasteiger partial charge in [-0.2, -0.15) is 5.26 Å². The molecular weight excluding hydrogens is 796 g/mol. The molecule has 16 heteroatoms. The van der Waals surface area contributed by atoms with Gasteiger partial charge in [0, 0.05) is 87.5 Å². The summed E-state index contributed by atoms with van der Waals surface area (Å²) in [6.45, 7) is 10.1. The van der Waals surface area contributed by atoms with Crippen molar-refractivity contribution < 1.29 is 23.9 Å². The first-order valence-electron chi connectivity index (χ1n) is 21.6. The van der Waals surface area contributed by atoms with Gasteiger partial charge in [-0.3, -0.25) is 29.5 Å². The van der Waals surface area contributed by atoms with Gasteiger partial charge in [-0.15, -0.1) is 10.2 Å². The molecule has 0 bridgehead atoms. The molecule has 4 aliphatic rings. The first-order valence-corrected chi connectivity index (χ1v) is 21.9. The van der Waals surface area contributed by atoms with Crippen molar-refractivity contribution in [3.05, 3.63) is 76.6 Å². The summed E-state index contributed by atoms with van der Waals surface area (Å²) in [6, 6.07) is 16.3. The number of nitrogens with zero attached hydrogens (tertiary/aromatic N) is 8. The van der Waals surface area contributed by atoms with Crippen molar-refractivity contribution in [2.24, 2.45) is 5.92 Å². The van der Waals surface area contributed by atoms with Crippen LogP contribution in [0.25, 0.3) is 10.9 Å². The van der Waals surface area contributed by atoms with Gasteiger partial charge in [0.15, 0.2) is 11.5 Å². The van der Waals surface area contributed by atoms with Gasteiger partial charge in [-0.05, 0) is 114 Å². The molecule has 2 aromatic carbocycles. The smallest absolute Gasteiger partial charge is 0.328 e. The highest BCUT2D eigenvalue weighted by molar-refractivity contribution is 6.31. The molecule has 1 aliphatic carbocycles. The quantitative estimate of drug-likeness (QED) is 0.178. The Morgan fingerprint density at radius 2 is 1.70 bits per heavy atom. The molecule has 2 aromatic heterocycles. The third-order valence-corrected chi connectivity index (χ3v) is 13.0. The summed E-state index contributed by atoms with van der Waals surface area (Å²) < 4.78 is 8.20. The SMILES string of the molecule is CC(C)n1ccc2c(N3CCC(=O)NC3=O)cc(C(=O)N3CCN(CCC4CCN(c5ccc(C(=O)N[C@H]6CC[C@H](Oc7ccc(C#N)c(Cl)c7)CC6)nn5)CC4)CC3)cc21. The van der Waals surface area contributed by atoms with Gasteiger partial charge in [-0.1, -0.05) is 11.6 Å². The summed E-state index contributed by atoms with van der Waals surface area (Å²) in [5.74, 6) is 1.47. The van der Waals surface area contributed by atoms with Crippen molar-refractivity contribution in [1.29, 1.82) is 5.26 Å². The fourth-order valence-electron chi connectivity index (χ4n) is 9.06. The molecule has 3 aliphatic heterocycles. The van der Waals surface area contributed by atoms with Crippen LogP contribution >= 0.6 is 11.6 Å². The average molecular weight is 849 g/mol. The second-order valence-electron chi connectivity index (χ2n) is 16.9. The van der Waals surface area contributed by atoms with Crippen LogP contribution in [0.1, 0.15) is 97.7 Å². The van der Waals surface area contributed by atoms with Crippen molar-refractivity contribution in [1.82, 2.24) is 35.2 Å². The molecule has 61 heavy (non-hydrogen) atoms. The number of imide groups is 1. The number of nitriles is 1. The van der Waals surface area contributed by atoms with Gasteiger partial charge in [0.2, 0.25) is 5.91 Å². The Morgan fingerprint density at radius 1 is 0.934 bits per heavy atom. The zero-order chi connectivity index (χ0) is 42.6. The number of ether oxygens (including phenoxy) is 1. The lowest BCUT2D eigenvalue weighted by atomic mass is 9.92. The summed E-state index contributed by atoms with van der Waals surface area (Å²) in [4.78, 5) is 59.9. The lowest BCUT2D eigenvalue weighted by molar-refractivity contribution is -0.120. The number of nitrogens with one attached hydrogen (secondary N) is 2. The third kappa shape index (κ3) is 9.61. The predicted molar refractivity (Wildman–Crippen MR) is 232 cm³/mol. The molecule has 0 radical (unpaired) electrons. The molecule has 320 valence electrons. The molecule has 1 saturated carbocycles. The van der Waals surface area contributed by atoms with E-state index < -0.39 is 6.03 Å². The maximum absolute atomic E-state index is 14.0. The number of carbonyl (C=O) groups excluding carboxylic acids is 4. The van der Waals surface area contributed by atoms with Crippen LogP contribution in [0, 0.1) is 17.2 Å². The lowest BCUT2D eigenvalue weighted by Gasteiger charge is -2.37. The van der Waals surface area contributed by atoms with E-state index in [0.29, 0.717) is 52.3 Å². The maximum atomic E-state index is 14.0. The van der Waals surface area contributed by atoms with Crippen LogP contribution in [0.15, 0.2) is 54.7 Å². The monoisotopic (exact) mass is 848 g/mol. The van der Waals surface area contributed by atoms with Gasteiger partial charge in [-0.25, -0.2) is 4.79 Å². The minimum absolute atomic E-state index is 0.0229. The fraction of sp³-hybridized carbons (Fsp3) is 0.489. The molecule has 2 N–H and O–H groups in total. The fourth-order valence-corrected chi connectivity index (χ4v) is 9.27. The summed E-state index contributed by atoms with van der Waals surface area (Å²) in [7, 11) is 0. The van der Waals surface area contributed by atoms with Crippen molar-refractivity contribution in [3.63, 3.8) is 0 Å². The number of anilines is 2. The second-order valence-corrected chi connectivity index (χ2v) is 17.4. The molecule has 8 rings (SSSR count). The van der Waals surface area contributed by atoms with Crippen molar-refractivity contribution >= 4 is 57.8 Å². The lowest BCUT2D eigenvalue weighted by Crippen LogP contribution is -2.50. The van der Waals surface area contributed by atoms with Crippen LogP contribution in [0.3, 0.4) is 0 Å². The Morgan fingerprint density at radius 3 is 2.38 bits per heavy atom. The van der Waals surface area contributed by atoms with Crippen molar-refractivity contribution in [3.8, 4) is 11.8 Å². The topological polar surface area (TPSA) is 169 Å². The number of urea groups is 1. The minimum Gasteiger partial charge on any atom is -0.490 e. The average Bonchev–Trinajstić information content (AvgIpc) is 3.71. The van der Waals surface area contributed by atoms with E-state index in [2.05, 4.69) is 55.1 Å². The molecule has 3 saturated heterocycles. The maximum Gasteiger partial charge on any atom is 0.328 e. The first kappa shape index (κ1) is 42.0. The number of hydrogen-bond donors (Lipinski definition) is 2. The zero-order valence-corrected chi connectivity index (χ0v) is 35.6. The van der Waals surface area contributed by atoms with E-state index in [1.165, 1.54) is 0 Å². The number of carbonyl (C=O) groups is 4. The number of benzene rings is 2. The van der Waals surface area contributed by atoms with Crippen LogP contribution in [0.2, 0.25) is 5.02 Å². The minimum atomic E-state index is -0.463. The number of fused-ring (bicyclic) bond motifs is 1. The summed E-state index contributed by atoms with van der Waals surface area (Å²) >= 11 is 6.15. The van der Waals surface area contributed by atoms with Crippen LogP contribution in [0.4, 0.5) is 16.3 Å². The Hall–Kier alpha value is -5.72. The highest BCUT2D eigenvalue weighted by Crippen LogP contribution is 2.34. The number of rotatable bonds is 11. The van der Waals surface area contributed by atoms with E-state index in [-0.39, 0.29) is 48.9 Å². The van der Waals surface area contributed by atoms with Crippen LogP contribution in [0.5, 0.6) is 5.75 Å². The standard InChI is InChI=1S/C45H53ClN10O5/c1-29(2)55-19-14-36-39(55)25-32(26-40(36)56-20-15-42(57)49-45(56)60)44(59)54-23-21-52(22-24-54)16-11-30-12-17-53(18-13-30)41-10-9-38(50-51-41)43(58)48-33-4-7-34(8-5-33)61-35-6-3-31(28-47)37(46)27-35/h3,6,9-10,14,19,25-27,29-30,33-34H,4-5,7-8,11-13,15-18,20-24H2,1-2H3,(H,48,58)(H,49,57,60)/t33-,34-. The van der Waals surface area contributed by atoms with Crippen LogP contribution in [-0.4, -0.2) is 113 Å². The third-order valence-electron chi connectivity index (χ3n) is 12.7. The predicted octanol–water partition coefficient (Wildman–Crippen LogP) is 6.17. The van der Waals surface area contributed by atoms with Crippen molar-refractivity contribution in [2.45, 2.75) is 83.4 Å². The van der Waals surface area contributed by atoms with E-state index in [0.717, 1.165) is 94.4 Å². The van der Waals surface area contributed by atoms with E-state index in [1.54, 1.807) is 29.2 Å². The summed E-state index contributed by atoms with van der Waals surface area (Å²) in [5, 5.41) is 24.6. The number of halogens is 1. The molecular formula is C45H53ClN10O5. The molecule has 4 fully saturated rings. The molecule has 5 heterocycles. The van der Waals surface area contributed by atoms with E-state index in [9.17, 15) is 19.2 Å². The number of piperazine rings is 1. The van der Waals surface area contributed by atoms with Gasteiger partial charge in [0.05, 0.1) is 27.9 Å². The van der Waals surface area contributed by atoms with Crippen LogP contribution in [-0.2, 0) is 4.79 Å². The molecule has 0 unspecified atom stereocenters. The molecule has 15 nitrogen and oxygen atoms in total. The number of amides is 5. The second kappa shape index (κ2) is 18.5. The Balaban J connectivity index is 0.763. The Bertz CT molecular complexity index is 2300. The van der Waals surface area contributed by atoms with Crippen molar-refractivity contribution in [2.75, 3.05) is 62.2 Å². The van der Waals surface area contributed by atoms with E-state index in [4.69, 9.17) is 21.6 Å². The zero-order valence-electron chi connectivity index (χ0n) is 34.8. The number of aromatic nitrogens is 3. The van der Waals surface area contributed by atoms with Gasteiger partial charge in [0.1, 0.15) is 11.8 Å². The normalized spacial score (nSPS) is 20.5. The highest BCUT2D eigenvalue weighted by Gasteiger charge is 2.30. The Labute approximate surface area is 360 Å². The summed E-state index contributed by atoms with van der Waals surface area (Å²) in [5.41, 5.74) is 2.81. The molecule has 0 spiro atoms. The van der Waals surface area contributed by atoms with Gasteiger partial charge in [0.25, 0.3) is 11.8 Å². The Kier molecular flexibility index (Phi) is 12.7. The summed E-state index contributed by atoms with van der Waals surface area (Å²) in [6.07, 6.45) is 8.59. The molecule has 0 atom stereocenters. The van der Waals surface area contributed by atoms with Gasteiger partial charge >= 0.3 is 6.03 Å². The number of piperidine rings is 1. The van der Waals surface area contributed by atoms with E-state index >= 15 is 0 Å². The van der Waals surface area contributed by atoms with Gasteiger partial charge < -0.3 is 24.4 Å². The van der Waals surface area contributed by atoms with E-state index in [1.807, 2.05) is 35.4 Å².